The molecule has 1 aromatic carbocycles. The monoisotopic (exact) mass is 438 g/mol. The van der Waals surface area contributed by atoms with Gasteiger partial charge in [-0.1, -0.05) is 0 Å². The highest BCUT2D eigenvalue weighted by molar-refractivity contribution is 5.82. The number of hydrogen-bond donors (Lipinski definition) is 3. The molecule has 1 fully saturated rings. The first-order valence-corrected chi connectivity index (χ1v) is 10.6. The van der Waals surface area contributed by atoms with Gasteiger partial charge in [-0.15, -0.1) is 0 Å². The van der Waals surface area contributed by atoms with Crippen LogP contribution in [-0.2, 0) is 20.6 Å². The molecule has 2 unspecified atom stereocenters. The molecule has 0 bridgehead atoms. The zero-order valence-corrected chi connectivity index (χ0v) is 18.3. The van der Waals surface area contributed by atoms with E-state index in [1.165, 1.54) is 9.13 Å². The summed E-state index contributed by atoms with van der Waals surface area (Å²) in [6.45, 7) is 0.112. The summed E-state index contributed by atoms with van der Waals surface area (Å²) in [5.41, 5.74) is 1.51. The number of aliphatic hydroxyl groups excluding tert-OH is 1. The number of methoxy groups -OCH3 is 1. The summed E-state index contributed by atoms with van der Waals surface area (Å²) < 4.78 is 9.57. The van der Waals surface area contributed by atoms with Crippen molar-refractivity contribution in [2.75, 3.05) is 12.4 Å². The molecule has 1 aliphatic rings. The molecule has 5 rings (SSSR count). The summed E-state index contributed by atoms with van der Waals surface area (Å²) in [5, 5.41) is 14.0. The zero-order chi connectivity index (χ0) is 22.6. The van der Waals surface area contributed by atoms with Gasteiger partial charge in [-0.25, -0.2) is 4.79 Å². The summed E-state index contributed by atoms with van der Waals surface area (Å²) in [6.07, 6.45) is 1.89. The lowest BCUT2D eigenvalue weighted by Gasteiger charge is -2.12. The van der Waals surface area contributed by atoms with Crippen molar-refractivity contribution in [3.8, 4) is 5.75 Å². The Kier molecular flexibility index (Phi) is 4.81. The van der Waals surface area contributed by atoms with E-state index in [4.69, 9.17) is 4.74 Å². The van der Waals surface area contributed by atoms with Crippen LogP contribution in [0.15, 0.2) is 33.9 Å². The predicted molar refractivity (Wildman–Crippen MR) is 121 cm³/mol. The Bertz CT molecular complexity index is 1440. The molecular formula is C22H26N6O4. The van der Waals surface area contributed by atoms with Crippen LogP contribution in [0.2, 0.25) is 0 Å². The van der Waals surface area contributed by atoms with Crippen molar-refractivity contribution in [3.63, 3.8) is 0 Å². The number of rotatable bonds is 5. The van der Waals surface area contributed by atoms with Gasteiger partial charge in [0, 0.05) is 36.7 Å². The first-order valence-electron chi connectivity index (χ1n) is 10.6. The highest BCUT2D eigenvalue weighted by Gasteiger charge is 2.25. The van der Waals surface area contributed by atoms with E-state index < -0.39 is 11.2 Å². The summed E-state index contributed by atoms with van der Waals surface area (Å²) in [4.78, 5) is 34.1. The van der Waals surface area contributed by atoms with Gasteiger partial charge in [0.2, 0.25) is 5.95 Å². The third-order valence-electron chi connectivity index (χ3n) is 6.31. The maximum Gasteiger partial charge on any atom is 0.332 e. The van der Waals surface area contributed by atoms with E-state index in [1.54, 1.807) is 25.8 Å². The number of aryl methyl sites for hydroxylation is 2. The number of anilines is 1. The number of nitrogens with zero attached hydrogens (tertiary/aromatic N) is 4. The van der Waals surface area contributed by atoms with Crippen molar-refractivity contribution < 1.29 is 9.84 Å². The van der Waals surface area contributed by atoms with E-state index in [9.17, 15) is 14.7 Å². The van der Waals surface area contributed by atoms with Crippen molar-refractivity contribution in [1.82, 2.24) is 23.7 Å². The van der Waals surface area contributed by atoms with Gasteiger partial charge >= 0.3 is 5.69 Å². The number of imidazole rings is 1. The first-order chi connectivity index (χ1) is 15.4. The number of hydrogen-bond acceptors (Lipinski definition) is 6. The third kappa shape index (κ3) is 3.27. The van der Waals surface area contributed by atoms with Crippen molar-refractivity contribution >= 4 is 28.0 Å². The number of aromatic nitrogens is 5. The Morgan fingerprint density at radius 1 is 1.22 bits per heavy atom. The fraction of sp³-hybridized carbons (Fsp3) is 0.409. The van der Waals surface area contributed by atoms with Crippen LogP contribution in [0.25, 0.3) is 22.1 Å². The van der Waals surface area contributed by atoms with Gasteiger partial charge in [-0.3, -0.25) is 13.9 Å². The molecule has 0 saturated heterocycles. The van der Waals surface area contributed by atoms with Gasteiger partial charge < -0.3 is 24.7 Å². The minimum absolute atomic E-state index is 0.0862. The topological polar surface area (TPSA) is 119 Å². The van der Waals surface area contributed by atoms with Crippen LogP contribution in [0.1, 0.15) is 25.0 Å². The standard InChI is InChI=1S/C22H26N6O4/c1-26-18-19(25-21(26)24-13-4-5-15(29)10-13)27(2)22(31)28(20(18)30)11-14-8-12-9-16(32-3)6-7-17(12)23-14/h6-9,13,15,23,29H,4-5,10-11H2,1-3H3,(H,24,25). The largest absolute Gasteiger partial charge is 0.497 e. The molecule has 168 valence electrons. The second kappa shape index (κ2) is 7.56. The van der Waals surface area contributed by atoms with Crippen molar-refractivity contribution in [2.24, 2.45) is 14.1 Å². The molecule has 4 aromatic rings. The lowest BCUT2D eigenvalue weighted by Crippen LogP contribution is -2.39. The predicted octanol–water partition coefficient (Wildman–Crippen LogP) is 1.30. The number of fused-ring (bicyclic) bond motifs is 2. The van der Waals surface area contributed by atoms with E-state index in [2.05, 4.69) is 15.3 Å². The van der Waals surface area contributed by atoms with Crippen molar-refractivity contribution in [3.05, 3.63) is 50.8 Å². The van der Waals surface area contributed by atoms with Gasteiger partial charge in [0.15, 0.2) is 11.2 Å². The van der Waals surface area contributed by atoms with Gasteiger partial charge in [-0.05, 0) is 43.5 Å². The normalized spacial score (nSPS) is 18.6. The summed E-state index contributed by atoms with van der Waals surface area (Å²) in [5.74, 6) is 1.25. The molecule has 3 N–H and O–H groups in total. The van der Waals surface area contributed by atoms with E-state index in [0.717, 1.165) is 35.2 Å². The number of ether oxygens (including phenoxy) is 1. The summed E-state index contributed by atoms with van der Waals surface area (Å²) in [6, 6.07) is 7.66. The average Bonchev–Trinajstić information content (AvgIpc) is 3.46. The fourth-order valence-electron chi connectivity index (χ4n) is 4.54. The van der Waals surface area contributed by atoms with Gasteiger partial charge in [0.05, 0.1) is 19.8 Å². The van der Waals surface area contributed by atoms with Crippen LogP contribution in [0, 0.1) is 0 Å². The van der Waals surface area contributed by atoms with Crippen molar-refractivity contribution in [2.45, 2.75) is 38.0 Å². The molecule has 0 spiro atoms. The number of H-pyrrole nitrogens is 1. The second-order valence-electron chi connectivity index (χ2n) is 8.46. The second-order valence-corrected chi connectivity index (χ2v) is 8.46. The Balaban J connectivity index is 1.56. The highest BCUT2D eigenvalue weighted by Crippen LogP contribution is 2.24. The molecule has 3 aromatic heterocycles. The molecule has 0 radical (unpaired) electrons. The number of benzene rings is 1. The molecule has 10 heteroatoms. The molecule has 3 heterocycles. The summed E-state index contributed by atoms with van der Waals surface area (Å²) in [7, 11) is 4.99. The van der Waals surface area contributed by atoms with Crippen LogP contribution in [0.5, 0.6) is 5.75 Å². The lowest BCUT2D eigenvalue weighted by atomic mass is 10.2. The molecule has 1 aliphatic carbocycles. The van der Waals surface area contributed by atoms with E-state index in [1.807, 2.05) is 24.3 Å². The maximum atomic E-state index is 13.3. The Morgan fingerprint density at radius 2 is 2.03 bits per heavy atom. The van der Waals surface area contributed by atoms with Gasteiger partial charge in [0.1, 0.15) is 5.75 Å². The fourth-order valence-corrected chi connectivity index (χ4v) is 4.54. The number of nitrogens with one attached hydrogen (secondary N) is 2. The van der Waals surface area contributed by atoms with Gasteiger partial charge in [-0.2, -0.15) is 4.98 Å². The molecule has 0 aliphatic heterocycles. The number of aromatic amines is 1. The Morgan fingerprint density at radius 3 is 2.75 bits per heavy atom. The molecule has 10 nitrogen and oxygen atoms in total. The van der Waals surface area contributed by atoms with Gasteiger partial charge in [0.25, 0.3) is 5.56 Å². The smallest absolute Gasteiger partial charge is 0.332 e. The Labute approximate surface area is 183 Å². The van der Waals surface area contributed by atoms with Crippen LogP contribution in [-0.4, -0.2) is 48.0 Å². The minimum atomic E-state index is -0.431. The molecular weight excluding hydrogens is 412 g/mol. The Hall–Kier alpha value is -3.53. The quantitative estimate of drug-likeness (QED) is 0.432. The van der Waals surface area contributed by atoms with Crippen LogP contribution < -0.4 is 21.3 Å². The van der Waals surface area contributed by atoms with Crippen LogP contribution >= 0.6 is 0 Å². The van der Waals surface area contributed by atoms with Crippen LogP contribution in [0.3, 0.4) is 0 Å². The van der Waals surface area contributed by atoms with E-state index in [-0.39, 0.29) is 18.7 Å². The van der Waals surface area contributed by atoms with E-state index in [0.29, 0.717) is 23.5 Å². The third-order valence-corrected chi connectivity index (χ3v) is 6.31. The number of aliphatic hydroxyl groups is 1. The average molecular weight is 438 g/mol. The minimum Gasteiger partial charge on any atom is -0.497 e. The maximum absolute atomic E-state index is 13.3. The lowest BCUT2D eigenvalue weighted by molar-refractivity contribution is 0.182. The molecule has 1 saturated carbocycles. The first kappa shape index (κ1) is 20.4. The summed E-state index contributed by atoms with van der Waals surface area (Å²) >= 11 is 0. The molecule has 32 heavy (non-hydrogen) atoms. The highest BCUT2D eigenvalue weighted by atomic mass is 16.5. The zero-order valence-electron chi connectivity index (χ0n) is 18.3. The van der Waals surface area contributed by atoms with Crippen LogP contribution in [0.4, 0.5) is 5.95 Å². The SMILES string of the molecule is COc1ccc2[nH]c(Cn3c(=O)c4c(nc(NC5CCC(O)C5)n4C)n(C)c3=O)cc2c1. The molecule has 0 amide bonds. The molecule has 2 atom stereocenters. The van der Waals surface area contributed by atoms with Crippen molar-refractivity contribution in [1.29, 1.82) is 0 Å². The van der Waals surface area contributed by atoms with E-state index >= 15 is 0 Å².